The van der Waals surface area contributed by atoms with E-state index in [1.807, 2.05) is 6.07 Å². The summed E-state index contributed by atoms with van der Waals surface area (Å²) < 4.78 is 5.43. The van der Waals surface area contributed by atoms with Crippen molar-refractivity contribution in [3.8, 4) is 0 Å². The molecule has 15 heavy (non-hydrogen) atoms. The zero-order chi connectivity index (χ0) is 10.5. The van der Waals surface area contributed by atoms with Crippen molar-refractivity contribution >= 4 is 0 Å². The average Bonchev–Trinajstić information content (AvgIpc) is 2.80. The Morgan fingerprint density at radius 1 is 1.33 bits per heavy atom. The van der Waals surface area contributed by atoms with Crippen molar-refractivity contribution in [3.63, 3.8) is 0 Å². The van der Waals surface area contributed by atoms with Crippen LogP contribution in [0.25, 0.3) is 0 Å². The Bertz CT molecular complexity index is 262. The molecule has 2 heteroatoms. The molecule has 2 rings (SSSR count). The van der Waals surface area contributed by atoms with Gasteiger partial charge in [-0.3, -0.25) is 4.90 Å². The summed E-state index contributed by atoms with van der Waals surface area (Å²) in [4.78, 5) is 2.63. The quantitative estimate of drug-likeness (QED) is 0.754. The van der Waals surface area contributed by atoms with Crippen molar-refractivity contribution in [1.29, 1.82) is 0 Å². The van der Waals surface area contributed by atoms with Gasteiger partial charge < -0.3 is 4.42 Å². The summed E-state index contributed by atoms with van der Waals surface area (Å²) in [5, 5.41) is 0. The molecule has 1 aliphatic rings. The summed E-state index contributed by atoms with van der Waals surface area (Å²) in [5.41, 5.74) is 0. The van der Waals surface area contributed by atoms with Gasteiger partial charge in [0.2, 0.25) is 0 Å². The molecule has 0 aliphatic carbocycles. The van der Waals surface area contributed by atoms with Crippen molar-refractivity contribution in [2.24, 2.45) is 0 Å². The van der Waals surface area contributed by atoms with E-state index in [2.05, 4.69) is 17.9 Å². The monoisotopic (exact) mass is 207 g/mol. The first-order chi connectivity index (χ1) is 7.40. The van der Waals surface area contributed by atoms with Crippen molar-refractivity contribution < 1.29 is 4.42 Å². The fraction of sp³-hybridized carbons (Fsp3) is 0.692. The largest absolute Gasteiger partial charge is 0.469 e. The van der Waals surface area contributed by atoms with Crippen LogP contribution in [0.2, 0.25) is 0 Å². The molecule has 0 bridgehead atoms. The van der Waals surface area contributed by atoms with Crippen molar-refractivity contribution in [2.75, 3.05) is 13.1 Å². The Labute approximate surface area is 92.3 Å². The molecule has 0 saturated carbocycles. The van der Waals surface area contributed by atoms with E-state index in [0.29, 0.717) is 6.04 Å². The minimum atomic E-state index is 0.677. The van der Waals surface area contributed by atoms with Gasteiger partial charge in [-0.2, -0.15) is 0 Å². The first kappa shape index (κ1) is 10.7. The molecule has 2 heterocycles. The van der Waals surface area contributed by atoms with Crippen LogP contribution in [-0.4, -0.2) is 24.0 Å². The van der Waals surface area contributed by atoms with Gasteiger partial charge in [-0.25, -0.2) is 0 Å². The fourth-order valence-electron chi connectivity index (χ4n) is 2.48. The first-order valence-electron chi connectivity index (χ1n) is 6.16. The highest BCUT2D eigenvalue weighted by Gasteiger charge is 2.19. The van der Waals surface area contributed by atoms with Crippen LogP contribution in [0.15, 0.2) is 22.8 Å². The Morgan fingerprint density at radius 3 is 2.73 bits per heavy atom. The number of piperidine rings is 1. The van der Waals surface area contributed by atoms with Gasteiger partial charge in [-0.15, -0.1) is 0 Å². The minimum Gasteiger partial charge on any atom is -0.469 e. The molecular formula is C13H21NO. The van der Waals surface area contributed by atoms with Gasteiger partial charge in [0.15, 0.2) is 0 Å². The van der Waals surface area contributed by atoms with Crippen LogP contribution >= 0.6 is 0 Å². The first-order valence-corrected chi connectivity index (χ1v) is 6.16. The third-order valence-electron chi connectivity index (χ3n) is 3.40. The standard InChI is InChI=1S/C13H21NO/c1-2-12(11-13-7-6-10-15-13)14-8-4-3-5-9-14/h6-7,10,12H,2-5,8-9,11H2,1H3. The van der Waals surface area contributed by atoms with Crippen LogP contribution in [0, 0.1) is 0 Å². The Balaban J connectivity index is 1.91. The zero-order valence-corrected chi connectivity index (χ0v) is 9.61. The molecule has 0 aromatic carbocycles. The summed E-state index contributed by atoms with van der Waals surface area (Å²) in [5.74, 6) is 1.13. The molecule has 0 N–H and O–H groups in total. The lowest BCUT2D eigenvalue weighted by Crippen LogP contribution is -2.40. The second kappa shape index (κ2) is 5.36. The molecule has 0 radical (unpaired) electrons. The summed E-state index contributed by atoms with van der Waals surface area (Å²) >= 11 is 0. The van der Waals surface area contributed by atoms with Crippen molar-refractivity contribution in [1.82, 2.24) is 4.90 Å². The molecule has 1 aromatic heterocycles. The van der Waals surface area contributed by atoms with E-state index in [0.717, 1.165) is 12.2 Å². The van der Waals surface area contributed by atoms with Crippen LogP contribution in [-0.2, 0) is 6.42 Å². The molecule has 1 aliphatic heterocycles. The SMILES string of the molecule is CCC(Cc1ccco1)N1CCCCC1. The zero-order valence-electron chi connectivity index (χ0n) is 9.61. The number of hydrogen-bond donors (Lipinski definition) is 0. The summed E-state index contributed by atoms with van der Waals surface area (Å²) in [7, 11) is 0. The normalized spacial score (nSPS) is 20.3. The molecule has 84 valence electrons. The van der Waals surface area contributed by atoms with E-state index in [9.17, 15) is 0 Å². The maximum atomic E-state index is 5.43. The van der Waals surface area contributed by atoms with Crippen LogP contribution in [0.5, 0.6) is 0 Å². The summed E-state index contributed by atoms with van der Waals surface area (Å²) in [6.07, 6.45) is 8.22. The van der Waals surface area contributed by atoms with E-state index in [1.54, 1.807) is 6.26 Å². The van der Waals surface area contributed by atoms with Crippen molar-refractivity contribution in [2.45, 2.75) is 45.1 Å². The topological polar surface area (TPSA) is 16.4 Å². The number of nitrogens with zero attached hydrogens (tertiary/aromatic N) is 1. The summed E-state index contributed by atoms with van der Waals surface area (Å²) in [6.45, 7) is 4.83. The number of hydrogen-bond acceptors (Lipinski definition) is 2. The maximum Gasteiger partial charge on any atom is 0.105 e. The minimum absolute atomic E-state index is 0.677. The molecule has 1 saturated heterocycles. The fourth-order valence-corrected chi connectivity index (χ4v) is 2.48. The predicted molar refractivity (Wildman–Crippen MR) is 61.9 cm³/mol. The lowest BCUT2D eigenvalue weighted by atomic mass is 10.0. The smallest absolute Gasteiger partial charge is 0.105 e. The predicted octanol–water partition coefficient (Wildman–Crippen LogP) is 3.09. The van der Waals surface area contributed by atoms with Gasteiger partial charge in [0, 0.05) is 12.5 Å². The summed E-state index contributed by atoms with van der Waals surface area (Å²) in [6, 6.07) is 4.75. The van der Waals surface area contributed by atoms with E-state index in [4.69, 9.17) is 4.42 Å². The molecule has 1 atom stereocenters. The van der Waals surface area contributed by atoms with Gasteiger partial charge in [0.05, 0.1) is 6.26 Å². The van der Waals surface area contributed by atoms with Crippen LogP contribution < -0.4 is 0 Å². The third-order valence-corrected chi connectivity index (χ3v) is 3.40. The highest BCUT2D eigenvalue weighted by Crippen LogP contribution is 2.17. The molecule has 1 fully saturated rings. The molecule has 0 spiro atoms. The average molecular weight is 207 g/mol. The highest BCUT2D eigenvalue weighted by atomic mass is 16.3. The van der Waals surface area contributed by atoms with Crippen molar-refractivity contribution in [3.05, 3.63) is 24.2 Å². The molecule has 1 unspecified atom stereocenters. The molecule has 0 amide bonds. The van der Waals surface area contributed by atoms with E-state index < -0.39 is 0 Å². The Hall–Kier alpha value is -0.760. The Kier molecular flexibility index (Phi) is 3.84. The number of furan rings is 1. The maximum absolute atomic E-state index is 5.43. The van der Waals surface area contributed by atoms with Gasteiger partial charge in [-0.1, -0.05) is 13.3 Å². The number of likely N-dealkylation sites (tertiary alicyclic amines) is 1. The highest BCUT2D eigenvalue weighted by molar-refractivity contribution is 5.00. The van der Waals surface area contributed by atoms with Gasteiger partial charge >= 0.3 is 0 Å². The second-order valence-corrected chi connectivity index (χ2v) is 4.44. The van der Waals surface area contributed by atoms with Gasteiger partial charge in [-0.05, 0) is 44.5 Å². The molecule has 1 aromatic rings. The van der Waals surface area contributed by atoms with E-state index in [-0.39, 0.29) is 0 Å². The van der Waals surface area contributed by atoms with Crippen LogP contribution in [0.3, 0.4) is 0 Å². The lowest BCUT2D eigenvalue weighted by Gasteiger charge is -2.33. The number of rotatable bonds is 4. The van der Waals surface area contributed by atoms with E-state index >= 15 is 0 Å². The molecular weight excluding hydrogens is 186 g/mol. The van der Waals surface area contributed by atoms with Crippen LogP contribution in [0.4, 0.5) is 0 Å². The Morgan fingerprint density at radius 2 is 2.13 bits per heavy atom. The lowest BCUT2D eigenvalue weighted by molar-refractivity contribution is 0.153. The third kappa shape index (κ3) is 2.85. The second-order valence-electron chi connectivity index (χ2n) is 4.44. The van der Waals surface area contributed by atoms with E-state index in [1.165, 1.54) is 38.8 Å². The van der Waals surface area contributed by atoms with Gasteiger partial charge in [0.1, 0.15) is 5.76 Å². The van der Waals surface area contributed by atoms with Gasteiger partial charge in [0.25, 0.3) is 0 Å². The molecule has 2 nitrogen and oxygen atoms in total. The van der Waals surface area contributed by atoms with Crippen LogP contribution in [0.1, 0.15) is 38.4 Å².